The van der Waals surface area contributed by atoms with Crippen molar-refractivity contribution in [2.24, 2.45) is 0 Å². The molecule has 1 N–H and O–H groups in total. The van der Waals surface area contributed by atoms with Crippen molar-refractivity contribution in [2.75, 3.05) is 14.2 Å². The van der Waals surface area contributed by atoms with Gasteiger partial charge in [0, 0.05) is 18.8 Å². The van der Waals surface area contributed by atoms with Gasteiger partial charge in [0.05, 0.1) is 12.8 Å². The van der Waals surface area contributed by atoms with Gasteiger partial charge in [0.15, 0.2) is 0 Å². The van der Waals surface area contributed by atoms with E-state index in [-0.39, 0.29) is 0 Å². The molecule has 19 heavy (non-hydrogen) atoms. The summed E-state index contributed by atoms with van der Waals surface area (Å²) >= 11 is 0. The molecule has 0 aliphatic rings. The van der Waals surface area contributed by atoms with Crippen LogP contribution < -0.4 is 14.8 Å². The van der Waals surface area contributed by atoms with Gasteiger partial charge in [-0.2, -0.15) is 0 Å². The predicted octanol–water partition coefficient (Wildman–Crippen LogP) is 2.39. The van der Waals surface area contributed by atoms with E-state index in [1.165, 1.54) is 0 Å². The zero-order valence-corrected chi connectivity index (χ0v) is 11.2. The van der Waals surface area contributed by atoms with Gasteiger partial charge < -0.3 is 14.8 Å². The molecule has 2 rings (SSSR count). The van der Waals surface area contributed by atoms with Crippen molar-refractivity contribution >= 4 is 0 Å². The lowest BCUT2D eigenvalue weighted by Gasteiger charge is -2.07. The molecule has 0 saturated heterocycles. The number of pyridine rings is 1. The molecule has 0 aliphatic heterocycles. The lowest BCUT2D eigenvalue weighted by molar-refractivity contribution is 0.299. The van der Waals surface area contributed by atoms with E-state index in [1.54, 1.807) is 7.11 Å². The molecule has 0 bridgehead atoms. The van der Waals surface area contributed by atoms with Gasteiger partial charge in [0.1, 0.15) is 18.1 Å². The molecule has 0 radical (unpaired) electrons. The second kappa shape index (κ2) is 6.75. The highest BCUT2D eigenvalue weighted by molar-refractivity contribution is 5.32. The predicted molar refractivity (Wildman–Crippen MR) is 74.3 cm³/mol. The van der Waals surface area contributed by atoms with Gasteiger partial charge in [0.2, 0.25) is 0 Å². The topological polar surface area (TPSA) is 43.4 Å². The fraction of sp³-hybridized carbons (Fsp3) is 0.267. The first-order chi connectivity index (χ1) is 9.31. The Hall–Kier alpha value is -2.07. The largest absolute Gasteiger partial charge is 0.497 e. The molecule has 4 nitrogen and oxygen atoms in total. The third-order valence-electron chi connectivity index (χ3n) is 2.69. The second-order valence-corrected chi connectivity index (χ2v) is 4.16. The van der Waals surface area contributed by atoms with Crippen molar-refractivity contribution in [1.82, 2.24) is 10.3 Å². The van der Waals surface area contributed by atoms with E-state index in [1.807, 2.05) is 49.6 Å². The summed E-state index contributed by atoms with van der Waals surface area (Å²) in [5.74, 6) is 1.57. The van der Waals surface area contributed by atoms with Crippen molar-refractivity contribution in [3.8, 4) is 11.5 Å². The molecule has 0 unspecified atom stereocenters. The lowest BCUT2D eigenvalue weighted by Crippen LogP contribution is -2.06. The molecule has 4 heteroatoms. The zero-order valence-electron chi connectivity index (χ0n) is 11.2. The Balaban J connectivity index is 1.94. The third kappa shape index (κ3) is 3.96. The summed E-state index contributed by atoms with van der Waals surface area (Å²) in [6, 6.07) is 11.6. The number of nitrogens with zero attached hydrogens (tertiary/aromatic N) is 1. The van der Waals surface area contributed by atoms with Crippen LogP contribution >= 0.6 is 0 Å². The molecule has 0 amide bonds. The average Bonchev–Trinajstić information content (AvgIpc) is 2.47. The number of ether oxygens (including phenoxy) is 2. The molecule has 100 valence electrons. The second-order valence-electron chi connectivity index (χ2n) is 4.16. The summed E-state index contributed by atoms with van der Waals surface area (Å²) in [7, 11) is 3.56. The van der Waals surface area contributed by atoms with Crippen LogP contribution in [0.15, 0.2) is 42.6 Å². The van der Waals surface area contributed by atoms with Crippen LogP contribution in [0.25, 0.3) is 0 Å². The quantitative estimate of drug-likeness (QED) is 0.864. The smallest absolute Gasteiger partial charge is 0.130 e. The van der Waals surface area contributed by atoms with Gasteiger partial charge in [-0.25, -0.2) is 0 Å². The van der Waals surface area contributed by atoms with Crippen molar-refractivity contribution < 1.29 is 9.47 Å². The number of rotatable bonds is 6. The molecule has 1 heterocycles. The van der Waals surface area contributed by atoms with Crippen LogP contribution in [0.5, 0.6) is 11.5 Å². The van der Waals surface area contributed by atoms with E-state index >= 15 is 0 Å². The fourth-order valence-electron chi connectivity index (χ4n) is 1.70. The molecule has 0 spiro atoms. The summed E-state index contributed by atoms with van der Waals surface area (Å²) in [4.78, 5) is 4.36. The van der Waals surface area contributed by atoms with E-state index in [4.69, 9.17) is 9.47 Å². The molecule has 0 atom stereocenters. The Morgan fingerprint density at radius 1 is 1.16 bits per heavy atom. The number of hydrogen-bond acceptors (Lipinski definition) is 4. The Morgan fingerprint density at radius 3 is 2.68 bits per heavy atom. The maximum absolute atomic E-state index is 5.68. The summed E-state index contributed by atoms with van der Waals surface area (Å²) in [5, 5.41) is 3.09. The molecule has 0 aliphatic carbocycles. The van der Waals surface area contributed by atoms with Crippen LogP contribution in [0.1, 0.15) is 11.3 Å². The maximum atomic E-state index is 5.68. The highest BCUT2D eigenvalue weighted by atomic mass is 16.5. The summed E-state index contributed by atoms with van der Waals surface area (Å²) < 4.78 is 10.8. The van der Waals surface area contributed by atoms with E-state index < -0.39 is 0 Å². The van der Waals surface area contributed by atoms with Crippen molar-refractivity contribution in [1.29, 1.82) is 0 Å². The lowest BCUT2D eigenvalue weighted by atomic mass is 10.2. The number of nitrogens with one attached hydrogen (secondary N) is 1. The zero-order chi connectivity index (χ0) is 13.5. The number of benzene rings is 1. The highest BCUT2D eigenvalue weighted by Gasteiger charge is 1.99. The van der Waals surface area contributed by atoms with Crippen LogP contribution in [0, 0.1) is 0 Å². The Labute approximate surface area is 113 Å². The Morgan fingerprint density at radius 2 is 2.00 bits per heavy atom. The molecule has 0 saturated carbocycles. The van der Waals surface area contributed by atoms with Gasteiger partial charge in [-0.1, -0.05) is 12.1 Å². The highest BCUT2D eigenvalue weighted by Crippen LogP contribution is 2.19. The number of methoxy groups -OCH3 is 1. The minimum absolute atomic E-state index is 0.451. The number of aromatic nitrogens is 1. The first-order valence-electron chi connectivity index (χ1n) is 6.17. The van der Waals surface area contributed by atoms with Crippen LogP contribution in [0.4, 0.5) is 0 Å². The van der Waals surface area contributed by atoms with Gasteiger partial charge in [-0.05, 0) is 30.8 Å². The molecule has 2 aromatic rings. The molecular weight excluding hydrogens is 240 g/mol. The number of hydrogen-bond donors (Lipinski definition) is 1. The molecule has 1 aromatic heterocycles. The van der Waals surface area contributed by atoms with E-state index in [0.717, 1.165) is 29.3 Å². The molecular formula is C15H18N2O2. The van der Waals surface area contributed by atoms with Crippen molar-refractivity contribution in [2.45, 2.75) is 13.2 Å². The van der Waals surface area contributed by atoms with Crippen LogP contribution in [-0.4, -0.2) is 19.1 Å². The third-order valence-corrected chi connectivity index (χ3v) is 2.69. The first kappa shape index (κ1) is 13.4. The standard InChI is InChI=1S/C15H18N2O2/c1-16-9-12-6-7-13(17-10-12)11-19-15-5-3-4-14(8-15)18-2/h3-8,10,16H,9,11H2,1-2H3. The van der Waals surface area contributed by atoms with Crippen LogP contribution in [0.2, 0.25) is 0 Å². The minimum Gasteiger partial charge on any atom is -0.497 e. The fourth-order valence-corrected chi connectivity index (χ4v) is 1.70. The first-order valence-corrected chi connectivity index (χ1v) is 6.17. The van der Waals surface area contributed by atoms with Gasteiger partial charge >= 0.3 is 0 Å². The summed E-state index contributed by atoms with van der Waals surface area (Å²) in [6.45, 7) is 1.27. The SMILES string of the molecule is CNCc1ccc(COc2cccc(OC)c2)nc1. The molecule has 0 fully saturated rings. The molecule has 1 aromatic carbocycles. The normalized spacial score (nSPS) is 10.2. The monoisotopic (exact) mass is 258 g/mol. The van der Waals surface area contributed by atoms with Gasteiger partial charge in [0.25, 0.3) is 0 Å². The maximum Gasteiger partial charge on any atom is 0.130 e. The van der Waals surface area contributed by atoms with Crippen molar-refractivity contribution in [3.05, 3.63) is 53.9 Å². The Bertz CT molecular complexity index is 512. The van der Waals surface area contributed by atoms with E-state index in [2.05, 4.69) is 10.3 Å². The summed E-state index contributed by atoms with van der Waals surface area (Å²) in [5.41, 5.74) is 2.07. The summed E-state index contributed by atoms with van der Waals surface area (Å²) in [6.07, 6.45) is 1.86. The Kier molecular flexibility index (Phi) is 4.75. The van der Waals surface area contributed by atoms with E-state index in [9.17, 15) is 0 Å². The minimum atomic E-state index is 0.451. The van der Waals surface area contributed by atoms with E-state index in [0.29, 0.717) is 6.61 Å². The van der Waals surface area contributed by atoms with Crippen LogP contribution in [-0.2, 0) is 13.2 Å². The van der Waals surface area contributed by atoms with Gasteiger partial charge in [-0.15, -0.1) is 0 Å². The van der Waals surface area contributed by atoms with Crippen molar-refractivity contribution in [3.63, 3.8) is 0 Å². The van der Waals surface area contributed by atoms with Crippen LogP contribution in [0.3, 0.4) is 0 Å². The van der Waals surface area contributed by atoms with Gasteiger partial charge in [-0.3, -0.25) is 4.98 Å². The average molecular weight is 258 g/mol.